The van der Waals surface area contributed by atoms with Crippen molar-refractivity contribution in [3.05, 3.63) is 64.6 Å². The fourth-order valence-corrected chi connectivity index (χ4v) is 4.69. The number of anilines is 1. The largest absolute Gasteiger partial charge is 0.478 e. The van der Waals surface area contributed by atoms with Gasteiger partial charge < -0.3 is 10.4 Å². The number of carbonyl (C=O) groups is 2. The first kappa shape index (κ1) is 28.3. The van der Waals surface area contributed by atoms with Crippen LogP contribution in [0.1, 0.15) is 68.8 Å². The summed E-state index contributed by atoms with van der Waals surface area (Å²) in [6.07, 6.45) is 8.45. The second-order valence-electron chi connectivity index (χ2n) is 7.69. The molecule has 1 fully saturated rings. The number of aromatic carboxylic acids is 1. The highest BCUT2D eigenvalue weighted by molar-refractivity contribution is 7.93. The number of benzene rings is 1. The molecule has 1 aliphatic rings. The fourth-order valence-electron chi connectivity index (χ4n) is 3.29. The molecule has 33 heavy (non-hydrogen) atoms. The molecule has 0 bridgehead atoms. The number of rotatable bonds is 8. The topological polar surface area (TPSA) is 104 Å². The Labute approximate surface area is 197 Å². The second-order valence-corrected chi connectivity index (χ2v) is 9.80. The number of sulfonamides is 1. The molecular formula is C25H36N2O5S. The first-order valence-corrected chi connectivity index (χ1v) is 12.7. The van der Waals surface area contributed by atoms with Gasteiger partial charge in [-0.2, -0.15) is 4.31 Å². The van der Waals surface area contributed by atoms with E-state index in [2.05, 4.69) is 11.9 Å². The third kappa shape index (κ3) is 8.98. The first-order chi connectivity index (χ1) is 15.6. The Morgan fingerprint density at radius 2 is 1.76 bits per heavy atom. The highest BCUT2D eigenvalue weighted by Gasteiger charge is 2.24. The standard InChI is InChI=1S/C23H30N2O5S.C2H6/c1-17(16-22(26)24-21-12-11-18(2)15-20(21)23(27)28)9-8-10-19(3)31(29,30)25-13-6-4-5-7-14-25;1-2/h8-12,15H,1,4-7,13-14,16H2,2-3H3,(H,24,26)(H,27,28);1-2H3/b9-8-,19-10+;. The number of carboxylic acids is 1. The van der Waals surface area contributed by atoms with Crippen molar-refractivity contribution in [2.45, 2.75) is 59.8 Å². The van der Waals surface area contributed by atoms with E-state index < -0.39 is 21.9 Å². The number of amides is 1. The summed E-state index contributed by atoms with van der Waals surface area (Å²) in [6, 6.07) is 4.76. The van der Waals surface area contributed by atoms with E-state index in [4.69, 9.17) is 0 Å². The molecule has 1 aliphatic heterocycles. The van der Waals surface area contributed by atoms with Gasteiger partial charge in [-0.05, 0) is 50.5 Å². The average molecular weight is 477 g/mol. The van der Waals surface area contributed by atoms with Crippen LogP contribution in [0.15, 0.2) is 53.5 Å². The van der Waals surface area contributed by atoms with Crippen molar-refractivity contribution >= 4 is 27.6 Å². The van der Waals surface area contributed by atoms with Crippen LogP contribution in [0.25, 0.3) is 0 Å². The van der Waals surface area contributed by atoms with E-state index in [-0.39, 0.29) is 22.6 Å². The molecule has 0 aliphatic carbocycles. The number of carboxylic acid groups (broad SMARTS) is 1. The zero-order valence-corrected chi connectivity index (χ0v) is 20.9. The summed E-state index contributed by atoms with van der Waals surface area (Å²) >= 11 is 0. The molecule has 0 unspecified atom stereocenters. The number of nitrogens with zero attached hydrogens (tertiary/aromatic N) is 1. The smallest absolute Gasteiger partial charge is 0.337 e. The highest BCUT2D eigenvalue weighted by atomic mass is 32.2. The van der Waals surface area contributed by atoms with Gasteiger partial charge in [0.05, 0.1) is 22.6 Å². The number of hydrogen-bond acceptors (Lipinski definition) is 4. The molecule has 0 spiro atoms. The van der Waals surface area contributed by atoms with Crippen LogP contribution in [-0.2, 0) is 14.8 Å². The third-order valence-corrected chi connectivity index (χ3v) is 7.04. The molecule has 0 radical (unpaired) electrons. The quantitative estimate of drug-likeness (QED) is 0.498. The Bertz CT molecular complexity index is 1000. The van der Waals surface area contributed by atoms with Gasteiger partial charge in [-0.1, -0.05) is 57.0 Å². The van der Waals surface area contributed by atoms with Crippen LogP contribution >= 0.6 is 0 Å². The molecular weight excluding hydrogens is 440 g/mol. The van der Waals surface area contributed by atoms with Gasteiger partial charge in [-0.25, -0.2) is 13.2 Å². The van der Waals surface area contributed by atoms with Crippen molar-refractivity contribution in [3.8, 4) is 0 Å². The predicted octanol–water partition coefficient (Wildman–Crippen LogP) is 5.27. The summed E-state index contributed by atoms with van der Waals surface area (Å²) in [5.74, 6) is -1.53. The van der Waals surface area contributed by atoms with Gasteiger partial charge in [0, 0.05) is 13.1 Å². The zero-order valence-electron chi connectivity index (χ0n) is 20.1. The lowest BCUT2D eigenvalue weighted by atomic mass is 10.1. The molecule has 1 saturated heterocycles. The molecule has 8 heteroatoms. The highest BCUT2D eigenvalue weighted by Crippen LogP contribution is 2.20. The second kappa shape index (κ2) is 13.7. The number of nitrogens with one attached hydrogen (secondary N) is 1. The summed E-state index contributed by atoms with van der Waals surface area (Å²) < 4.78 is 26.9. The Morgan fingerprint density at radius 1 is 1.15 bits per heavy atom. The van der Waals surface area contributed by atoms with Crippen molar-refractivity contribution in [2.24, 2.45) is 0 Å². The maximum absolute atomic E-state index is 12.7. The zero-order chi connectivity index (χ0) is 25.0. The van der Waals surface area contributed by atoms with Gasteiger partial charge in [0.1, 0.15) is 0 Å². The summed E-state index contributed by atoms with van der Waals surface area (Å²) in [5, 5.41) is 11.9. The lowest BCUT2D eigenvalue weighted by Gasteiger charge is -2.19. The normalized spacial score (nSPS) is 15.3. The molecule has 2 N–H and O–H groups in total. The van der Waals surface area contributed by atoms with Crippen LogP contribution in [0, 0.1) is 6.92 Å². The van der Waals surface area contributed by atoms with Crippen LogP contribution in [-0.4, -0.2) is 42.8 Å². The average Bonchev–Trinajstić information content (AvgIpc) is 3.06. The lowest BCUT2D eigenvalue weighted by molar-refractivity contribution is -0.115. The van der Waals surface area contributed by atoms with Crippen LogP contribution < -0.4 is 5.32 Å². The Hall–Kier alpha value is -2.71. The molecule has 0 saturated carbocycles. The van der Waals surface area contributed by atoms with Gasteiger partial charge in [0.15, 0.2) is 0 Å². The van der Waals surface area contributed by atoms with Gasteiger partial charge in [-0.15, -0.1) is 0 Å². The van der Waals surface area contributed by atoms with E-state index in [1.54, 1.807) is 38.1 Å². The van der Waals surface area contributed by atoms with E-state index in [1.165, 1.54) is 16.4 Å². The maximum atomic E-state index is 12.7. The summed E-state index contributed by atoms with van der Waals surface area (Å²) in [6.45, 7) is 12.2. The maximum Gasteiger partial charge on any atom is 0.337 e. The van der Waals surface area contributed by atoms with Crippen LogP contribution in [0.4, 0.5) is 5.69 Å². The minimum absolute atomic E-state index is 0.0202. The third-order valence-electron chi connectivity index (χ3n) is 5.04. The molecule has 7 nitrogen and oxygen atoms in total. The first-order valence-electron chi connectivity index (χ1n) is 11.3. The summed E-state index contributed by atoms with van der Waals surface area (Å²) in [4.78, 5) is 23.9. The van der Waals surface area contributed by atoms with Gasteiger partial charge in [0.25, 0.3) is 0 Å². The molecule has 182 valence electrons. The van der Waals surface area contributed by atoms with Crippen molar-refractivity contribution in [3.63, 3.8) is 0 Å². The molecule has 1 heterocycles. The number of allylic oxidation sites excluding steroid dienone is 4. The predicted molar refractivity (Wildman–Crippen MR) is 134 cm³/mol. The number of hydrogen-bond donors (Lipinski definition) is 2. The van der Waals surface area contributed by atoms with Crippen LogP contribution in [0.2, 0.25) is 0 Å². The van der Waals surface area contributed by atoms with E-state index in [0.29, 0.717) is 18.7 Å². The fraction of sp³-hybridized carbons (Fsp3) is 0.440. The van der Waals surface area contributed by atoms with Gasteiger partial charge >= 0.3 is 5.97 Å². The Kier molecular flexibility index (Phi) is 11.8. The van der Waals surface area contributed by atoms with E-state index >= 15 is 0 Å². The van der Waals surface area contributed by atoms with E-state index in [0.717, 1.165) is 31.2 Å². The van der Waals surface area contributed by atoms with Crippen LogP contribution in [0.3, 0.4) is 0 Å². The van der Waals surface area contributed by atoms with Crippen molar-refractivity contribution in [2.75, 3.05) is 18.4 Å². The molecule has 1 amide bonds. The van der Waals surface area contributed by atoms with Crippen molar-refractivity contribution in [1.82, 2.24) is 4.31 Å². The molecule has 1 aromatic rings. The number of aryl methyl sites for hydroxylation is 1. The number of carbonyl (C=O) groups excluding carboxylic acids is 1. The summed E-state index contributed by atoms with van der Waals surface area (Å²) in [5.41, 5.74) is 1.49. The van der Waals surface area contributed by atoms with E-state index in [9.17, 15) is 23.1 Å². The Balaban J connectivity index is 0.00000265. The minimum Gasteiger partial charge on any atom is -0.478 e. The summed E-state index contributed by atoms with van der Waals surface area (Å²) in [7, 11) is -3.48. The van der Waals surface area contributed by atoms with Crippen molar-refractivity contribution in [1.29, 1.82) is 0 Å². The Morgan fingerprint density at radius 3 is 2.33 bits per heavy atom. The SMILES string of the molecule is C=C(/C=C\C=C(/C)S(=O)(=O)N1CCCCCC1)CC(=O)Nc1ccc(C)cc1C(=O)O.CC. The van der Waals surface area contributed by atoms with Gasteiger partial charge in [0.2, 0.25) is 15.9 Å². The van der Waals surface area contributed by atoms with Crippen molar-refractivity contribution < 1.29 is 23.1 Å². The molecule has 0 aromatic heterocycles. The lowest BCUT2D eigenvalue weighted by Crippen LogP contribution is -2.32. The minimum atomic E-state index is -3.48. The molecule has 1 aromatic carbocycles. The monoisotopic (exact) mass is 476 g/mol. The van der Waals surface area contributed by atoms with Gasteiger partial charge in [-0.3, -0.25) is 4.79 Å². The molecule has 2 rings (SSSR count). The van der Waals surface area contributed by atoms with Crippen LogP contribution in [0.5, 0.6) is 0 Å². The van der Waals surface area contributed by atoms with E-state index in [1.807, 2.05) is 13.8 Å². The molecule has 0 atom stereocenters.